The number of hydrogen-bond donors (Lipinski definition) is 4. The van der Waals surface area contributed by atoms with Crippen LogP contribution in [0.2, 0.25) is 0 Å². The fourth-order valence-corrected chi connectivity index (χ4v) is 5.13. The molecule has 0 aliphatic rings. The average molecular weight is 971 g/mol. The molecule has 0 saturated heterocycles. The zero-order valence-corrected chi connectivity index (χ0v) is 41.3. The molecule has 0 bridgehead atoms. The summed E-state index contributed by atoms with van der Waals surface area (Å²) in [4.78, 5) is 61.0. The van der Waals surface area contributed by atoms with Crippen LogP contribution in [-0.4, -0.2) is 219 Å². The Morgan fingerprint density at radius 1 is 0.373 bits per heavy atom. The maximum absolute atomic E-state index is 12.5. The fraction of sp³-hybridized carbons (Fsp3) is 0.889. The van der Waals surface area contributed by atoms with Gasteiger partial charge in [0.25, 0.3) is 0 Å². The first-order valence-corrected chi connectivity index (χ1v) is 23.6. The quantitative estimate of drug-likeness (QED) is 0.0595. The van der Waals surface area contributed by atoms with Gasteiger partial charge in [-0.15, -0.1) is 0 Å². The summed E-state index contributed by atoms with van der Waals surface area (Å²) in [5, 5.41) is 7.48. The van der Waals surface area contributed by atoms with Crippen LogP contribution >= 0.6 is 0 Å². The number of nitrogens with one attached hydrogen (secondary N) is 3. The van der Waals surface area contributed by atoms with Gasteiger partial charge >= 0.3 is 0 Å². The third kappa shape index (κ3) is 44.0. The summed E-state index contributed by atoms with van der Waals surface area (Å²) in [7, 11) is 0. The number of carbonyl (C=O) groups excluding carboxylic acids is 5. The minimum Gasteiger partial charge on any atom is -0.379 e. The summed E-state index contributed by atoms with van der Waals surface area (Å²) < 4.78 is 71.2. The molecular weight excluding hydrogens is 885 g/mol. The Labute approximate surface area is 398 Å². The van der Waals surface area contributed by atoms with E-state index in [-0.39, 0.29) is 31.8 Å². The minimum atomic E-state index is -1.10. The van der Waals surface area contributed by atoms with Crippen LogP contribution in [0.3, 0.4) is 0 Å². The van der Waals surface area contributed by atoms with Crippen molar-refractivity contribution in [2.75, 3.05) is 172 Å². The van der Waals surface area contributed by atoms with Gasteiger partial charge in [-0.1, -0.05) is 27.7 Å². The second kappa shape index (κ2) is 46.7. The second-order valence-electron chi connectivity index (χ2n) is 15.7. The topological polar surface area (TPSA) is 267 Å². The molecule has 0 fully saturated rings. The molecular formula is C45H86N4O18. The van der Waals surface area contributed by atoms with Crippen molar-refractivity contribution in [3.8, 4) is 0 Å². The van der Waals surface area contributed by atoms with Crippen LogP contribution in [0.4, 0.5) is 0 Å². The molecule has 67 heavy (non-hydrogen) atoms. The summed E-state index contributed by atoms with van der Waals surface area (Å²) in [6.07, 6.45) is 0.723. The number of Topliss-reactive ketones (excluding diaryl/α,β-unsaturated/α-hetero) is 1. The molecule has 0 spiro atoms. The lowest BCUT2D eigenvalue weighted by molar-refractivity contribution is -0.134. The first-order valence-electron chi connectivity index (χ1n) is 23.6. The third-order valence-corrected chi connectivity index (χ3v) is 8.93. The van der Waals surface area contributed by atoms with E-state index in [0.717, 1.165) is 13.0 Å². The SMILES string of the molecule is CC(C)CCOCCOCCOCCOCCOCCOCCOCCOCCOCCOCCOCCOCCOCCC(=O)N[C@@H](C)C(=O)N[C@@H](C)C(=O)N[C@@H](CC(N)=O)C(=O)C(C)C. The first kappa shape index (κ1) is 64.0. The van der Waals surface area contributed by atoms with Gasteiger partial charge in [-0.05, 0) is 26.2 Å². The van der Waals surface area contributed by atoms with E-state index in [9.17, 15) is 24.0 Å². The van der Waals surface area contributed by atoms with Crippen molar-refractivity contribution in [2.45, 2.75) is 78.9 Å². The largest absolute Gasteiger partial charge is 0.379 e. The first-order chi connectivity index (χ1) is 32.3. The lowest BCUT2D eigenvalue weighted by Gasteiger charge is -2.22. The Bertz CT molecular complexity index is 1220. The van der Waals surface area contributed by atoms with E-state index < -0.39 is 47.7 Å². The molecule has 0 radical (unpaired) electrons. The Hall–Kier alpha value is -2.97. The third-order valence-electron chi connectivity index (χ3n) is 8.93. The Balaban J connectivity index is 3.43. The number of ketones is 1. The molecule has 0 heterocycles. The van der Waals surface area contributed by atoms with E-state index in [4.69, 9.17) is 67.3 Å². The van der Waals surface area contributed by atoms with Crippen LogP contribution in [0, 0.1) is 11.8 Å². The monoisotopic (exact) mass is 971 g/mol. The highest BCUT2D eigenvalue weighted by molar-refractivity contribution is 5.96. The second-order valence-corrected chi connectivity index (χ2v) is 15.7. The fourth-order valence-electron chi connectivity index (χ4n) is 5.13. The van der Waals surface area contributed by atoms with Crippen LogP contribution in [0.15, 0.2) is 0 Å². The summed E-state index contributed by atoms with van der Waals surface area (Å²) in [6, 6.07) is -3.07. The normalized spacial score (nSPS) is 12.9. The van der Waals surface area contributed by atoms with E-state index in [0.29, 0.717) is 158 Å². The number of rotatable bonds is 51. The van der Waals surface area contributed by atoms with E-state index >= 15 is 0 Å². The lowest BCUT2D eigenvalue weighted by atomic mass is 9.98. The highest BCUT2D eigenvalue weighted by atomic mass is 16.6. The van der Waals surface area contributed by atoms with Gasteiger partial charge in [-0.3, -0.25) is 24.0 Å². The average Bonchev–Trinajstić information content (AvgIpc) is 3.28. The molecule has 0 aromatic heterocycles. The van der Waals surface area contributed by atoms with Crippen LogP contribution in [0.1, 0.15) is 60.8 Å². The van der Waals surface area contributed by atoms with Crippen molar-refractivity contribution in [2.24, 2.45) is 17.6 Å². The number of nitrogens with two attached hydrogens (primary N) is 1. The number of primary amides is 1. The molecule has 0 unspecified atom stereocenters. The summed E-state index contributed by atoms with van der Waals surface area (Å²) in [6.45, 7) is 22.5. The Morgan fingerprint density at radius 3 is 0.925 bits per heavy atom. The summed E-state index contributed by atoms with van der Waals surface area (Å²) in [5.74, 6) is -2.57. The minimum absolute atomic E-state index is 0.0113. The molecule has 0 aliphatic heterocycles. The summed E-state index contributed by atoms with van der Waals surface area (Å²) in [5.41, 5.74) is 5.20. The maximum atomic E-state index is 12.5. The molecule has 0 aromatic carbocycles. The van der Waals surface area contributed by atoms with Crippen LogP contribution < -0.4 is 21.7 Å². The zero-order valence-electron chi connectivity index (χ0n) is 41.3. The molecule has 0 aromatic rings. The molecule has 4 amide bonds. The van der Waals surface area contributed by atoms with E-state index in [2.05, 4.69) is 29.8 Å². The molecule has 0 rings (SSSR count). The molecule has 22 nitrogen and oxygen atoms in total. The van der Waals surface area contributed by atoms with Gasteiger partial charge in [0.2, 0.25) is 23.6 Å². The predicted molar refractivity (Wildman–Crippen MR) is 246 cm³/mol. The smallest absolute Gasteiger partial charge is 0.242 e. The van der Waals surface area contributed by atoms with Crippen molar-refractivity contribution >= 4 is 29.4 Å². The van der Waals surface area contributed by atoms with Crippen LogP contribution in [-0.2, 0) is 85.6 Å². The number of ether oxygens (including phenoxy) is 13. The molecule has 22 heteroatoms. The zero-order chi connectivity index (χ0) is 49.6. The molecule has 394 valence electrons. The van der Waals surface area contributed by atoms with Gasteiger partial charge < -0.3 is 83.3 Å². The molecule has 3 atom stereocenters. The molecule has 5 N–H and O–H groups in total. The van der Waals surface area contributed by atoms with E-state index in [1.54, 1.807) is 13.8 Å². The molecule has 0 aliphatic carbocycles. The van der Waals surface area contributed by atoms with Gasteiger partial charge in [0.05, 0.1) is 178 Å². The van der Waals surface area contributed by atoms with Crippen molar-refractivity contribution < 1.29 is 85.6 Å². The van der Waals surface area contributed by atoms with Crippen molar-refractivity contribution in [1.29, 1.82) is 0 Å². The highest BCUT2D eigenvalue weighted by Gasteiger charge is 2.28. The van der Waals surface area contributed by atoms with Crippen molar-refractivity contribution in [1.82, 2.24) is 16.0 Å². The Morgan fingerprint density at radius 2 is 0.642 bits per heavy atom. The van der Waals surface area contributed by atoms with E-state index in [1.807, 2.05) is 0 Å². The summed E-state index contributed by atoms with van der Waals surface area (Å²) >= 11 is 0. The van der Waals surface area contributed by atoms with E-state index in [1.165, 1.54) is 13.8 Å². The number of hydrogen-bond acceptors (Lipinski definition) is 18. The standard InChI is InChI=1S/C45H86N4O18/c1-36(2)7-9-55-11-13-57-15-17-59-19-21-61-23-25-63-27-29-65-31-33-67-34-32-66-30-28-64-26-24-62-22-20-60-18-16-58-14-12-56-10-8-42(51)47-38(5)44(53)48-39(6)45(54)49-40(35-41(46)50)43(52)37(3)4/h36-40H,7-35H2,1-6H3,(H2,46,50)(H,47,51)(H,48,53)(H,49,54)/t38-,39-,40-/m0/s1. The van der Waals surface area contributed by atoms with Gasteiger partial charge in [-0.25, -0.2) is 0 Å². The maximum Gasteiger partial charge on any atom is 0.242 e. The van der Waals surface area contributed by atoms with Gasteiger partial charge in [-0.2, -0.15) is 0 Å². The predicted octanol–water partition coefficient (Wildman–Crippen LogP) is 0.233. The van der Waals surface area contributed by atoms with Gasteiger partial charge in [0.1, 0.15) is 12.1 Å². The van der Waals surface area contributed by atoms with Crippen LogP contribution in [0.5, 0.6) is 0 Å². The van der Waals surface area contributed by atoms with Gasteiger partial charge in [0, 0.05) is 18.9 Å². The number of carbonyl (C=O) groups is 5. The van der Waals surface area contributed by atoms with Crippen molar-refractivity contribution in [3.05, 3.63) is 0 Å². The highest BCUT2D eigenvalue weighted by Crippen LogP contribution is 2.05. The molecule has 0 saturated carbocycles. The van der Waals surface area contributed by atoms with Gasteiger partial charge in [0.15, 0.2) is 5.78 Å². The van der Waals surface area contributed by atoms with Crippen molar-refractivity contribution in [3.63, 3.8) is 0 Å². The van der Waals surface area contributed by atoms with Crippen LogP contribution in [0.25, 0.3) is 0 Å². The Kier molecular flexibility index (Phi) is 44.7. The number of amides is 4. The lowest BCUT2D eigenvalue weighted by Crippen LogP contribution is -2.54.